The molecule has 1 aliphatic rings. The number of hydrogen-bond acceptors (Lipinski definition) is 12. The highest BCUT2D eigenvalue weighted by Crippen LogP contribution is 2.38. The molecule has 0 bridgehead atoms. The maximum Gasteiger partial charge on any atom is 0.306 e. The Kier molecular flexibility index (Phi) is 29.2. The zero-order valence-electron chi connectivity index (χ0n) is 40.9. The number of quaternary nitrogens is 1. The normalized spacial score (nSPS) is 18.7. The third kappa shape index (κ3) is 25.5. The van der Waals surface area contributed by atoms with E-state index in [-0.39, 0.29) is 44.2 Å². The van der Waals surface area contributed by atoms with Gasteiger partial charge < -0.3 is 42.5 Å². The standard InChI is InChI=1S/C50H88NO12P/c1-8-10-20-26-41(52)32-33-44-43(45(53)36-46(44)54)27-22-18-19-24-30-49(55)59-37-42(38-61-64(57,58)60-35-34-51(5,6)7)62-50(56)31-25-17-15-13-12-14-16-23-29-48-40(4)39(3)47(63-48)28-21-11-9-2/h32-33,41-45,52-53H,8-31,34-38H2,1-7H3/b33-32+/t41-,42+,43+,44+,45-/m0/s1. The van der Waals surface area contributed by atoms with Crippen molar-refractivity contribution in [2.24, 2.45) is 11.8 Å². The topological polar surface area (TPSA) is 182 Å². The molecule has 0 amide bonds. The van der Waals surface area contributed by atoms with Gasteiger partial charge in [0.1, 0.15) is 37.1 Å². The van der Waals surface area contributed by atoms with Gasteiger partial charge in [0.15, 0.2) is 6.10 Å². The van der Waals surface area contributed by atoms with Crippen LogP contribution in [0.1, 0.15) is 184 Å². The van der Waals surface area contributed by atoms with Crippen molar-refractivity contribution in [2.45, 2.75) is 207 Å². The number of ketones is 1. The summed E-state index contributed by atoms with van der Waals surface area (Å²) in [6, 6.07) is 0. The molecular formula is C50H88NO12P. The quantitative estimate of drug-likeness (QED) is 0.0211. The number of Topliss-reactive ketones (excluding diaryl/α,β-unsaturated/α-hetero) is 1. The molecule has 0 saturated heterocycles. The number of carbonyl (C=O) groups excluding carboxylic acids is 3. The third-order valence-corrected chi connectivity index (χ3v) is 13.4. The minimum Gasteiger partial charge on any atom is -0.756 e. The Bertz CT molecular complexity index is 1540. The highest BCUT2D eigenvalue weighted by Gasteiger charge is 2.39. The van der Waals surface area contributed by atoms with Crippen molar-refractivity contribution in [2.75, 3.05) is 47.5 Å². The van der Waals surface area contributed by atoms with Gasteiger partial charge in [0.25, 0.3) is 7.82 Å². The number of likely N-dealkylation sites (N-methyl/N-ethyl adjacent to an activating group) is 1. The van der Waals surface area contributed by atoms with Gasteiger partial charge in [0.05, 0.1) is 40.0 Å². The van der Waals surface area contributed by atoms with E-state index in [0.29, 0.717) is 36.7 Å². The van der Waals surface area contributed by atoms with Crippen molar-refractivity contribution in [3.05, 3.63) is 34.8 Å². The fraction of sp³-hybridized carbons (Fsp3) is 0.820. The lowest BCUT2D eigenvalue weighted by Gasteiger charge is -2.28. The van der Waals surface area contributed by atoms with E-state index in [1.54, 1.807) is 12.2 Å². The Labute approximate surface area is 386 Å². The molecule has 6 atom stereocenters. The predicted octanol–water partition coefficient (Wildman–Crippen LogP) is 9.75. The molecule has 0 aliphatic heterocycles. The number of esters is 2. The third-order valence-electron chi connectivity index (χ3n) is 12.4. The van der Waals surface area contributed by atoms with E-state index in [0.717, 1.165) is 108 Å². The van der Waals surface area contributed by atoms with E-state index in [1.807, 2.05) is 21.1 Å². The van der Waals surface area contributed by atoms with Crippen LogP contribution in [0.5, 0.6) is 0 Å². The van der Waals surface area contributed by atoms with Crippen LogP contribution in [-0.4, -0.2) is 98.2 Å². The van der Waals surface area contributed by atoms with Crippen LogP contribution >= 0.6 is 7.82 Å². The lowest BCUT2D eigenvalue weighted by atomic mass is 9.88. The highest BCUT2D eigenvalue weighted by atomic mass is 31.2. The van der Waals surface area contributed by atoms with Crippen LogP contribution < -0.4 is 4.89 Å². The minimum atomic E-state index is -4.70. The number of hydrogen-bond donors (Lipinski definition) is 2. The summed E-state index contributed by atoms with van der Waals surface area (Å²) in [6.07, 6.45) is 22.5. The smallest absolute Gasteiger partial charge is 0.306 e. The van der Waals surface area contributed by atoms with Crippen molar-refractivity contribution < 1.29 is 61.5 Å². The molecule has 1 aromatic rings. The zero-order chi connectivity index (χ0) is 47.4. The molecule has 1 unspecified atom stereocenters. The fourth-order valence-electron chi connectivity index (χ4n) is 8.15. The van der Waals surface area contributed by atoms with Crippen LogP contribution in [0.25, 0.3) is 0 Å². The van der Waals surface area contributed by atoms with Crippen LogP contribution in [0, 0.1) is 25.7 Å². The number of aliphatic hydroxyl groups is 2. The Morgan fingerprint density at radius 2 is 1.34 bits per heavy atom. The predicted molar refractivity (Wildman–Crippen MR) is 250 cm³/mol. The van der Waals surface area contributed by atoms with Gasteiger partial charge in [-0.3, -0.25) is 18.9 Å². The molecule has 1 aromatic heterocycles. The molecule has 2 N–H and O–H groups in total. The van der Waals surface area contributed by atoms with Gasteiger partial charge in [-0.25, -0.2) is 0 Å². The molecule has 1 heterocycles. The largest absolute Gasteiger partial charge is 0.756 e. The van der Waals surface area contributed by atoms with E-state index >= 15 is 0 Å². The Balaban J connectivity index is 1.72. The number of unbranched alkanes of at least 4 members (excludes halogenated alkanes) is 14. The summed E-state index contributed by atoms with van der Waals surface area (Å²) < 4.78 is 40.3. The maximum absolute atomic E-state index is 12.8. The molecule has 0 radical (unpaired) electrons. The van der Waals surface area contributed by atoms with Gasteiger partial charge in [-0.05, 0) is 69.4 Å². The average molecular weight is 926 g/mol. The SMILES string of the molecule is CCCCCc1oc(CCCCCCCCCCC(=O)O[C@H](COC(=O)CCCCCC[C@H]2[C@@H](O)CC(=O)[C@@H]2/C=C/[C@@H](O)CCCCC)COP(=O)([O-])OCC[N+](C)(C)C)c(C)c1C. The first-order valence-corrected chi connectivity index (χ1v) is 26.3. The van der Waals surface area contributed by atoms with Gasteiger partial charge in [-0.2, -0.15) is 0 Å². The number of aryl methyl sites for hydroxylation is 2. The molecule has 64 heavy (non-hydrogen) atoms. The van der Waals surface area contributed by atoms with Gasteiger partial charge in [0.2, 0.25) is 0 Å². The first kappa shape index (κ1) is 57.7. The number of ether oxygens (including phenoxy) is 2. The number of nitrogens with zero attached hydrogens (tertiary/aromatic N) is 1. The molecule has 0 aromatic carbocycles. The number of furan rings is 1. The molecule has 370 valence electrons. The summed E-state index contributed by atoms with van der Waals surface area (Å²) >= 11 is 0. The van der Waals surface area contributed by atoms with E-state index in [9.17, 15) is 34.1 Å². The Morgan fingerprint density at radius 1 is 0.797 bits per heavy atom. The van der Waals surface area contributed by atoms with Crippen molar-refractivity contribution in [3.8, 4) is 0 Å². The molecule has 13 nitrogen and oxygen atoms in total. The fourth-order valence-corrected chi connectivity index (χ4v) is 8.88. The molecular weight excluding hydrogens is 838 g/mol. The number of phosphoric ester groups is 1. The second kappa shape index (κ2) is 32.3. The van der Waals surface area contributed by atoms with E-state index in [2.05, 4.69) is 27.7 Å². The Morgan fingerprint density at radius 3 is 1.95 bits per heavy atom. The lowest BCUT2D eigenvalue weighted by molar-refractivity contribution is -0.870. The first-order chi connectivity index (χ1) is 30.5. The van der Waals surface area contributed by atoms with Crippen molar-refractivity contribution in [3.63, 3.8) is 0 Å². The summed E-state index contributed by atoms with van der Waals surface area (Å²) in [5, 5.41) is 20.8. The number of allylic oxidation sites excluding steroid dienone is 1. The van der Waals surface area contributed by atoms with Crippen molar-refractivity contribution in [1.29, 1.82) is 0 Å². The van der Waals surface area contributed by atoms with Crippen LogP contribution in [-0.2, 0) is 50.3 Å². The van der Waals surface area contributed by atoms with E-state index in [1.165, 1.54) is 30.4 Å². The van der Waals surface area contributed by atoms with Crippen LogP contribution in [0.2, 0.25) is 0 Å². The summed E-state index contributed by atoms with van der Waals surface area (Å²) in [5.74, 6) is 0.712. The number of rotatable bonds is 38. The average Bonchev–Trinajstić information content (AvgIpc) is 3.66. The Hall–Kier alpha value is -2.38. The van der Waals surface area contributed by atoms with Gasteiger partial charge in [-0.15, -0.1) is 0 Å². The van der Waals surface area contributed by atoms with Gasteiger partial charge in [-0.1, -0.05) is 116 Å². The zero-order valence-corrected chi connectivity index (χ0v) is 41.8. The van der Waals surface area contributed by atoms with E-state index in [4.69, 9.17) is 22.9 Å². The summed E-state index contributed by atoms with van der Waals surface area (Å²) in [5.41, 5.74) is 2.62. The number of carbonyl (C=O) groups is 3. The number of phosphoric acid groups is 1. The maximum atomic E-state index is 12.8. The second-order valence-electron chi connectivity index (χ2n) is 19.2. The summed E-state index contributed by atoms with van der Waals surface area (Å²) in [4.78, 5) is 50.6. The molecule has 2 rings (SSSR count). The first-order valence-electron chi connectivity index (χ1n) is 24.9. The highest BCUT2D eigenvalue weighted by molar-refractivity contribution is 7.45. The van der Waals surface area contributed by atoms with Crippen molar-refractivity contribution in [1.82, 2.24) is 0 Å². The summed E-state index contributed by atoms with van der Waals surface area (Å²) in [6.45, 7) is 8.15. The lowest BCUT2D eigenvalue weighted by Crippen LogP contribution is -2.37. The summed E-state index contributed by atoms with van der Waals surface area (Å²) in [7, 11) is 1.02. The molecule has 1 aliphatic carbocycles. The second-order valence-corrected chi connectivity index (χ2v) is 20.6. The van der Waals surface area contributed by atoms with Crippen molar-refractivity contribution >= 4 is 25.5 Å². The van der Waals surface area contributed by atoms with Crippen LogP contribution in [0.4, 0.5) is 0 Å². The van der Waals surface area contributed by atoms with E-state index < -0.39 is 50.6 Å². The van der Waals surface area contributed by atoms with Gasteiger partial charge >= 0.3 is 11.9 Å². The molecule has 0 spiro atoms. The molecule has 14 heteroatoms. The monoisotopic (exact) mass is 926 g/mol. The van der Waals surface area contributed by atoms with Crippen LogP contribution in [0.15, 0.2) is 16.6 Å². The van der Waals surface area contributed by atoms with Gasteiger partial charge in [0, 0.05) is 38.0 Å². The minimum absolute atomic E-state index is 0.00275. The number of aliphatic hydroxyl groups excluding tert-OH is 2. The molecule has 1 saturated carbocycles. The molecule has 1 fully saturated rings. The van der Waals surface area contributed by atoms with Crippen LogP contribution in [0.3, 0.4) is 0 Å².